The van der Waals surface area contributed by atoms with Gasteiger partial charge in [0.1, 0.15) is 10.7 Å². The Morgan fingerprint density at radius 3 is 2.46 bits per heavy atom. The second-order valence-electron chi connectivity index (χ2n) is 8.17. The van der Waals surface area contributed by atoms with E-state index in [0.717, 1.165) is 6.08 Å². The smallest absolute Gasteiger partial charge is 0.267 e. The quantitative estimate of drug-likeness (QED) is 0.311. The van der Waals surface area contributed by atoms with Crippen LogP contribution in [-0.4, -0.2) is 20.2 Å². The highest BCUT2D eigenvalue weighted by atomic mass is 35.5. The summed E-state index contributed by atoms with van der Waals surface area (Å²) in [5, 5.41) is 0.798. The topological polar surface area (TPSA) is 83.6 Å². The number of benzene rings is 3. The minimum absolute atomic E-state index is 0.0667. The average molecular weight is 569 g/mol. The van der Waals surface area contributed by atoms with Gasteiger partial charge in [0, 0.05) is 28.3 Å². The van der Waals surface area contributed by atoms with Crippen LogP contribution in [0.25, 0.3) is 6.08 Å². The molecule has 37 heavy (non-hydrogen) atoms. The number of nitrogens with one attached hydrogen (secondary N) is 1. The van der Waals surface area contributed by atoms with Gasteiger partial charge in [-0.1, -0.05) is 47.5 Å². The number of amides is 2. The van der Waals surface area contributed by atoms with Gasteiger partial charge in [-0.3, -0.25) is 9.59 Å². The van der Waals surface area contributed by atoms with Crippen molar-refractivity contribution >= 4 is 56.8 Å². The number of rotatable bonds is 6. The van der Waals surface area contributed by atoms with Crippen LogP contribution in [0.1, 0.15) is 29.5 Å². The number of para-hydroxylation sites is 1. The van der Waals surface area contributed by atoms with Gasteiger partial charge in [-0.05, 0) is 41.8 Å². The summed E-state index contributed by atoms with van der Waals surface area (Å²) in [7, 11) is -4.85. The summed E-state index contributed by atoms with van der Waals surface area (Å²) < 4.78 is 66.8. The Labute approximate surface area is 220 Å². The number of sulfonamides is 1. The fourth-order valence-electron chi connectivity index (χ4n) is 3.93. The van der Waals surface area contributed by atoms with E-state index in [1.54, 1.807) is 48.0 Å². The lowest BCUT2D eigenvalue weighted by atomic mass is 10.00. The fraction of sp³-hybridized carbons (Fsp3) is 0.120. The molecule has 0 saturated carbocycles. The highest BCUT2D eigenvalue weighted by molar-refractivity contribution is 7.90. The Morgan fingerprint density at radius 2 is 1.76 bits per heavy atom. The maximum atomic E-state index is 13.9. The third-order valence-corrected chi connectivity index (χ3v) is 7.68. The Balaban J connectivity index is 1.62. The zero-order valence-corrected chi connectivity index (χ0v) is 21.3. The van der Waals surface area contributed by atoms with E-state index in [9.17, 15) is 31.2 Å². The summed E-state index contributed by atoms with van der Waals surface area (Å²) in [6.07, 6.45) is 2.15. The van der Waals surface area contributed by atoms with E-state index in [1.165, 1.54) is 11.0 Å². The maximum absolute atomic E-state index is 13.9. The normalized spacial score (nSPS) is 15.4. The molecule has 0 bridgehead atoms. The molecule has 6 nitrogen and oxygen atoms in total. The van der Waals surface area contributed by atoms with Gasteiger partial charge in [0.2, 0.25) is 5.91 Å². The van der Waals surface area contributed by atoms with Crippen molar-refractivity contribution in [3.05, 3.63) is 98.8 Å². The zero-order chi connectivity index (χ0) is 27.1. The first kappa shape index (κ1) is 26.7. The molecular weight excluding hydrogens is 552 g/mol. The monoisotopic (exact) mass is 568 g/mol. The number of hydrogen-bond donors (Lipinski definition) is 1. The summed E-state index contributed by atoms with van der Waals surface area (Å²) in [6, 6.07) is 10.1. The summed E-state index contributed by atoms with van der Waals surface area (Å²) in [5.41, 5.74) is 2.25. The Hall–Kier alpha value is -3.34. The van der Waals surface area contributed by atoms with Gasteiger partial charge in [-0.2, -0.15) is 0 Å². The standard InChI is InChI=1S/C25H17Cl2F3N2O4S/c1-13-17-4-2-3-14(24(17)32(25(13)34)12-15-5-7-16(26)9-18(15)27)6-8-23(33)31-37(35,36)22-11-20(29)19(28)10-21(22)30/h2-11,13H,12H2,1H3,(H,31,33)/b8-6+. The average Bonchev–Trinajstić information content (AvgIpc) is 3.06. The van der Waals surface area contributed by atoms with Crippen LogP contribution in [0.4, 0.5) is 18.9 Å². The van der Waals surface area contributed by atoms with E-state index in [0.29, 0.717) is 32.4 Å². The molecule has 2 amide bonds. The predicted octanol–water partition coefficient (Wildman–Crippen LogP) is 5.58. The number of anilines is 1. The molecule has 1 aliphatic heterocycles. The molecule has 0 saturated heterocycles. The van der Waals surface area contributed by atoms with Crippen LogP contribution in [-0.2, 0) is 26.2 Å². The van der Waals surface area contributed by atoms with E-state index >= 15 is 0 Å². The zero-order valence-electron chi connectivity index (χ0n) is 18.9. The summed E-state index contributed by atoms with van der Waals surface area (Å²) in [6.45, 7) is 1.85. The first-order chi connectivity index (χ1) is 17.4. The van der Waals surface area contributed by atoms with Crippen molar-refractivity contribution in [2.24, 2.45) is 0 Å². The molecular formula is C25H17Cl2F3N2O4S. The van der Waals surface area contributed by atoms with Crippen LogP contribution in [0.15, 0.2) is 59.5 Å². The second-order valence-corrected chi connectivity index (χ2v) is 10.7. The molecule has 3 aromatic rings. The Morgan fingerprint density at radius 1 is 1.05 bits per heavy atom. The molecule has 192 valence electrons. The molecule has 1 atom stereocenters. The van der Waals surface area contributed by atoms with Crippen molar-refractivity contribution in [1.82, 2.24) is 4.72 Å². The largest absolute Gasteiger partial charge is 0.307 e. The van der Waals surface area contributed by atoms with Gasteiger partial charge in [0.15, 0.2) is 11.6 Å². The molecule has 0 aromatic heterocycles. The molecule has 1 aliphatic rings. The van der Waals surface area contributed by atoms with Crippen LogP contribution in [0, 0.1) is 17.5 Å². The lowest BCUT2D eigenvalue weighted by Crippen LogP contribution is -2.30. The van der Waals surface area contributed by atoms with Crippen LogP contribution < -0.4 is 9.62 Å². The molecule has 0 spiro atoms. The van der Waals surface area contributed by atoms with Crippen LogP contribution >= 0.6 is 23.2 Å². The molecule has 4 rings (SSSR count). The van der Waals surface area contributed by atoms with E-state index in [4.69, 9.17) is 23.2 Å². The number of nitrogens with zero attached hydrogens (tertiary/aromatic N) is 1. The second kappa shape index (κ2) is 10.2. The lowest BCUT2D eigenvalue weighted by molar-refractivity contribution is -0.119. The summed E-state index contributed by atoms with van der Waals surface area (Å²) in [5.74, 6) is -6.60. The summed E-state index contributed by atoms with van der Waals surface area (Å²) in [4.78, 5) is 25.7. The molecule has 1 unspecified atom stereocenters. The van der Waals surface area contributed by atoms with E-state index in [1.807, 2.05) is 0 Å². The Bertz CT molecular complexity index is 1580. The number of carbonyl (C=O) groups excluding carboxylic acids is 2. The van der Waals surface area contributed by atoms with Crippen molar-refractivity contribution in [1.29, 1.82) is 0 Å². The third kappa shape index (κ3) is 5.36. The third-order valence-electron chi connectivity index (χ3n) is 5.73. The maximum Gasteiger partial charge on any atom is 0.267 e. The van der Waals surface area contributed by atoms with Crippen LogP contribution in [0.3, 0.4) is 0 Å². The first-order valence-electron chi connectivity index (χ1n) is 10.7. The van der Waals surface area contributed by atoms with Gasteiger partial charge in [-0.15, -0.1) is 0 Å². The minimum atomic E-state index is -4.85. The van der Waals surface area contributed by atoms with Crippen LogP contribution in [0.5, 0.6) is 0 Å². The Kier molecular flexibility index (Phi) is 7.36. The van der Waals surface area contributed by atoms with Crippen molar-refractivity contribution in [3.8, 4) is 0 Å². The van der Waals surface area contributed by atoms with Crippen molar-refractivity contribution in [2.45, 2.75) is 24.3 Å². The van der Waals surface area contributed by atoms with Crippen molar-refractivity contribution < 1.29 is 31.2 Å². The van der Waals surface area contributed by atoms with Crippen LogP contribution in [0.2, 0.25) is 10.0 Å². The minimum Gasteiger partial charge on any atom is -0.307 e. The highest BCUT2D eigenvalue weighted by Crippen LogP contribution is 2.41. The fourth-order valence-corrected chi connectivity index (χ4v) is 5.41. The first-order valence-corrected chi connectivity index (χ1v) is 12.9. The van der Waals surface area contributed by atoms with Gasteiger partial charge in [0.25, 0.3) is 15.9 Å². The van der Waals surface area contributed by atoms with Gasteiger partial charge in [-0.25, -0.2) is 26.3 Å². The SMILES string of the molecule is CC1C(=O)N(Cc2ccc(Cl)cc2Cl)c2c(/C=C/C(=O)NS(=O)(=O)c3cc(F)c(F)cc3F)cccc21. The molecule has 0 radical (unpaired) electrons. The number of hydrogen-bond acceptors (Lipinski definition) is 4. The van der Waals surface area contributed by atoms with E-state index in [2.05, 4.69) is 0 Å². The predicted molar refractivity (Wildman–Crippen MR) is 133 cm³/mol. The number of carbonyl (C=O) groups is 2. The van der Waals surface area contributed by atoms with Crippen molar-refractivity contribution in [2.75, 3.05) is 4.90 Å². The number of halogens is 5. The van der Waals surface area contributed by atoms with Crippen molar-refractivity contribution in [3.63, 3.8) is 0 Å². The van der Waals surface area contributed by atoms with E-state index < -0.39 is 44.2 Å². The van der Waals surface area contributed by atoms with Gasteiger partial charge >= 0.3 is 0 Å². The summed E-state index contributed by atoms with van der Waals surface area (Å²) >= 11 is 12.2. The highest BCUT2D eigenvalue weighted by Gasteiger charge is 2.35. The van der Waals surface area contributed by atoms with Gasteiger partial charge < -0.3 is 4.90 Å². The molecule has 1 N–H and O–H groups in total. The lowest BCUT2D eigenvalue weighted by Gasteiger charge is -2.20. The molecule has 0 aliphatic carbocycles. The van der Waals surface area contributed by atoms with Gasteiger partial charge in [0.05, 0.1) is 18.2 Å². The number of fused-ring (bicyclic) bond motifs is 1. The molecule has 0 fully saturated rings. The molecule has 1 heterocycles. The molecule has 12 heteroatoms. The van der Waals surface area contributed by atoms with E-state index in [-0.39, 0.29) is 24.6 Å². The molecule has 3 aromatic carbocycles.